The van der Waals surface area contributed by atoms with Crippen molar-refractivity contribution in [2.45, 2.75) is 44.1 Å². The highest BCUT2D eigenvalue weighted by atomic mass is 16.7. The molecule has 0 amide bonds. The Bertz CT molecular complexity index is 230. The van der Waals surface area contributed by atoms with Crippen LogP contribution in [0.1, 0.15) is 26.2 Å². The molecule has 0 aromatic carbocycles. The molecule has 2 atom stereocenters. The van der Waals surface area contributed by atoms with Crippen LogP contribution >= 0.6 is 0 Å². The number of ether oxygens (including phenoxy) is 3. The van der Waals surface area contributed by atoms with Crippen LogP contribution in [0.15, 0.2) is 0 Å². The molecule has 2 unspecified atom stereocenters. The molecule has 1 aliphatic heterocycles. The molecule has 5 heteroatoms. The van der Waals surface area contributed by atoms with Gasteiger partial charge in [-0.1, -0.05) is 0 Å². The highest BCUT2D eigenvalue weighted by Gasteiger charge is 2.33. The lowest BCUT2D eigenvalue weighted by atomic mass is 9.95. The number of likely N-dealkylation sites (N-methyl/N-ethyl adjacent to an activating group) is 1. The molecule has 0 radical (unpaired) electrons. The van der Waals surface area contributed by atoms with E-state index in [4.69, 9.17) is 19.9 Å². The van der Waals surface area contributed by atoms with E-state index in [-0.39, 0.29) is 11.8 Å². The second kappa shape index (κ2) is 7.40. The molecule has 0 aromatic rings. The monoisotopic (exact) mass is 260 g/mol. The second-order valence-corrected chi connectivity index (χ2v) is 5.32. The first-order valence-electron chi connectivity index (χ1n) is 6.64. The summed E-state index contributed by atoms with van der Waals surface area (Å²) in [7, 11) is 5.41. The van der Waals surface area contributed by atoms with Crippen LogP contribution in [0.5, 0.6) is 0 Å². The Morgan fingerprint density at radius 3 is 2.56 bits per heavy atom. The van der Waals surface area contributed by atoms with Crippen LogP contribution in [0.2, 0.25) is 0 Å². The van der Waals surface area contributed by atoms with Gasteiger partial charge in [-0.2, -0.15) is 0 Å². The first-order valence-corrected chi connectivity index (χ1v) is 6.64. The van der Waals surface area contributed by atoms with E-state index in [0.717, 1.165) is 32.4 Å². The fraction of sp³-hybridized carbons (Fsp3) is 1.00. The van der Waals surface area contributed by atoms with Crippen molar-refractivity contribution in [3.8, 4) is 0 Å². The van der Waals surface area contributed by atoms with Crippen molar-refractivity contribution in [3.63, 3.8) is 0 Å². The summed E-state index contributed by atoms with van der Waals surface area (Å²) in [4.78, 5) is 2.27. The zero-order chi connectivity index (χ0) is 13.6. The topological polar surface area (TPSA) is 57.0 Å². The molecule has 2 N–H and O–H groups in total. The normalized spacial score (nSPS) is 23.8. The third kappa shape index (κ3) is 4.17. The zero-order valence-electron chi connectivity index (χ0n) is 12.1. The van der Waals surface area contributed by atoms with Crippen molar-refractivity contribution >= 4 is 0 Å². The Morgan fingerprint density at radius 2 is 2.11 bits per heavy atom. The van der Waals surface area contributed by atoms with Crippen molar-refractivity contribution in [3.05, 3.63) is 0 Å². The first-order chi connectivity index (χ1) is 8.55. The van der Waals surface area contributed by atoms with Gasteiger partial charge in [-0.15, -0.1) is 0 Å². The van der Waals surface area contributed by atoms with E-state index in [0.29, 0.717) is 12.6 Å². The Morgan fingerprint density at radius 1 is 1.44 bits per heavy atom. The smallest absolute Gasteiger partial charge is 0.158 e. The maximum absolute atomic E-state index is 5.95. The summed E-state index contributed by atoms with van der Waals surface area (Å²) in [6, 6.07) is 0. The summed E-state index contributed by atoms with van der Waals surface area (Å²) in [5.41, 5.74) is 5.81. The maximum atomic E-state index is 5.95. The average Bonchev–Trinajstić information content (AvgIpc) is 2.88. The number of nitrogens with zero attached hydrogens (tertiary/aromatic N) is 1. The summed E-state index contributed by atoms with van der Waals surface area (Å²) < 4.78 is 16.2. The SMILES string of the molecule is COC(CC(C)(CN)N(C)CC1CCCO1)OC. The quantitative estimate of drug-likeness (QED) is 0.655. The van der Waals surface area contributed by atoms with Gasteiger partial charge in [0.05, 0.1) is 6.10 Å². The molecule has 0 saturated carbocycles. The molecule has 5 nitrogen and oxygen atoms in total. The Hall–Kier alpha value is -0.200. The molecule has 0 bridgehead atoms. The van der Waals surface area contributed by atoms with Crippen LogP contribution in [-0.4, -0.2) is 63.8 Å². The van der Waals surface area contributed by atoms with Gasteiger partial charge in [0.25, 0.3) is 0 Å². The number of hydrogen-bond acceptors (Lipinski definition) is 5. The zero-order valence-corrected chi connectivity index (χ0v) is 12.1. The predicted octanol–water partition coefficient (Wildman–Crippen LogP) is 0.824. The van der Waals surface area contributed by atoms with Crippen LogP contribution in [0, 0.1) is 0 Å². The lowest BCUT2D eigenvalue weighted by Crippen LogP contribution is -2.54. The summed E-state index contributed by atoms with van der Waals surface area (Å²) in [5, 5.41) is 0. The summed E-state index contributed by atoms with van der Waals surface area (Å²) in [6.07, 6.45) is 3.18. The average molecular weight is 260 g/mol. The minimum Gasteiger partial charge on any atom is -0.377 e. The minimum absolute atomic E-state index is 0.136. The molecule has 108 valence electrons. The van der Waals surface area contributed by atoms with Crippen LogP contribution in [-0.2, 0) is 14.2 Å². The highest BCUT2D eigenvalue weighted by molar-refractivity contribution is 4.88. The van der Waals surface area contributed by atoms with Gasteiger partial charge in [-0.3, -0.25) is 4.90 Å². The highest BCUT2D eigenvalue weighted by Crippen LogP contribution is 2.23. The third-order valence-electron chi connectivity index (χ3n) is 3.99. The molecule has 1 rings (SSSR count). The summed E-state index contributed by atoms with van der Waals surface area (Å²) in [6.45, 7) is 4.51. The third-order valence-corrected chi connectivity index (χ3v) is 3.99. The van der Waals surface area contributed by atoms with E-state index in [2.05, 4.69) is 18.9 Å². The minimum atomic E-state index is -0.217. The molecule has 0 spiro atoms. The van der Waals surface area contributed by atoms with Gasteiger partial charge in [0, 0.05) is 45.9 Å². The fourth-order valence-corrected chi connectivity index (χ4v) is 2.33. The predicted molar refractivity (Wildman–Crippen MR) is 71.5 cm³/mol. The molecule has 1 aliphatic rings. The lowest BCUT2D eigenvalue weighted by molar-refractivity contribution is -0.128. The Kier molecular flexibility index (Phi) is 6.52. The maximum Gasteiger partial charge on any atom is 0.158 e. The molecular formula is C13H28N2O3. The standard InChI is InChI=1S/C13H28N2O3/c1-13(10-14,8-12(16-3)17-4)15(2)9-11-6-5-7-18-11/h11-12H,5-10,14H2,1-4H3. The Balaban J connectivity index is 2.54. The molecule has 0 aromatic heterocycles. The van der Waals surface area contributed by atoms with Crippen molar-refractivity contribution in [2.75, 3.05) is 41.0 Å². The van der Waals surface area contributed by atoms with Gasteiger partial charge < -0.3 is 19.9 Å². The van der Waals surface area contributed by atoms with Gasteiger partial charge >= 0.3 is 0 Å². The summed E-state index contributed by atoms with van der Waals surface area (Å²) >= 11 is 0. The van der Waals surface area contributed by atoms with Crippen LogP contribution in [0.4, 0.5) is 0 Å². The van der Waals surface area contributed by atoms with Crippen LogP contribution in [0.25, 0.3) is 0 Å². The van der Waals surface area contributed by atoms with Crippen molar-refractivity contribution in [1.29, 1.82) is 0 Å². The molecule has 18 heavy (non-hydrogen) atoms. The number of rotatable bonds is 8. The van der Waals surface area contributed by atoms with Crippen LogP contribution < -0.4 is 5.73 Å². The van der Waals surface area contributed by atoms with E-state index in [1.807, 2.05) is 0 Å². The van der Waals surface area contributed by atoms with Gasteiger partial charge in [0.15, 0.2) is 6.29 Å². The molecule has 0 aliphatic carbocycles. The van der Waals surface area contributed by atoms with Crippen LogP contribution in [0.3, 0.4) is 0 Å². The Labute approximate surface area is 111 Å². The van der Waals surface area contributed by atoms with E-state index in [1.54, 1.807) is 14.2 Å². The van der Waals surface area contributed by atoms with Gasteiger partial charge in [0.2, 0.25) is 0 Å². The first kappa shape index (κ1) is 15.9. The van der Waals surface area contributed by atoms with E-state index in [9.17, 15) is 0 Å². The largest absolute Gasteiger partial charge is 0.377 e. The molecule has 1 fully saturated rings. The van der Waals surface area contributed by atoms with E-state index < -0.39 is 0 Å². The molecule has 1 heterocycles. The van der Waals surface area contributed by atoms with Crippen molar-refractivity contribution in [2.24, 2.45) is 5.73 Å². The number of nitrogens with two attached hydrogens (primary N) is 1. The van der Waals surface area contributed by atoms with Gasteiger partial charge in [-0.05, 0) is 26.8 Å². The number of methoxy groups -OCH3 is 2. The molecular weight excluding hydrogens is 232 g/mol. The molecule has 1 saturated heterocycles. The lowest BCUT2D eigenvalue weighted by Gasteiger charge is -2.40. The van der Waals surface area contributed by atoms with E-state index >= 15 is 0 Å². The second-order valence-electron chi connectivity index (χ2n) is 5.32. The fourth-order valence-electron chi connectivity index (χ4n) is 2.33. The van der Waals surface area contributed by atoms with Crippen molar-refractivity contribution in [1.82, 2.24) is 4.90 Å². The number of hydrogen-bond donors (Lipinski definition) is 1. The van der Waals surface area contributed by atoms with E-state index in [1.165, 1.54) is 0 Å². The van der Waals surface area contributed by atoms with Gasteiger partial charge in [-0.25, -0.2) is 0 Å². The summed E-state index contributed by atoms with van der Waals surface area (Å²) in [5.74, 6) is 0. The van der Waals surface area contributed by atoms with Crippen molar-refractivity contribution < 1.29 is 14.2 Å². The van der Waals surface area contributed by atoms with Gasteiger partial charge in [0.1, 0.15) is 0 Å².